The summed E-state index contributed by atoms with van der Waals surface area (Å²) < 4.78 is 26.1. The fourth-order valence-corrected chi connectivity index (χ4v) is 3.12. The molecule has 0 aliphatic heterocycles. The van der Waals surface area contributed by atoms with Crippen molar-refractivity contribution in [2.24, 2.45) is 0 Å². The van der Waals surface area contributed by atoms with Gasteiger partial charge in [-0.2, -0.15) is 0 Å². The summed E-state index contributed by atoms with van der Waals surface area (Å²) in [5.74, 6) is -0.972. The topological polar surface area (TPSA) is 12.0 Å². The minimum Gasteiger partial charge on any atom is -0.382 e. The highest BCUT2D eigenvalue weighted by molar-refractivity contribution is 5.44. The molecule has 2 aromatic carbocycles. The van der Waals surface area contributed by atoms with Gasteiger partial charge >= 0.3 is 0 Å². The van der Waals surface area contributed by atoms with E-state index < -0.39 is 11.6 Å². The average Bonchev–Trinajstić information content (AvgIpc) is 2.53. The normalized spacial score (nSPS) is 22.0. The van der Waals surface area contributed by atoms with Gasteiger partial charge in [-0.25, -0.2) is 8.78 Å². The van der Waals surface area contributed by atoms with Crippen molar-refractivity contribution in [2.75, 3.05) is 5.32 Å². The van der Waals surface area contributed by atoms with Crippen LogP contribution in [0, 0.1) is 11.6 Å². The minimum absolute atomic E-state index is 0.342. The van der Waals surface area contributed by atoms with Crippen molar-refractivity contribution < 1.29 is 8.78 Å². The summed E-state index contributed by atoms with van der Waals surface area (Å²) in [6, 6.07) is 14.9. The van der Waals surface area contributed by atoms with Crippen molar-refractivity contribution in [1.29, 1.82) is 0 Å². The Morgan fingerprint density at radius 1 is 0.810 bits per heavy atom. The zero-order valence-corrected chi connectivity index (χ0v) is 11.9. The lowest BCUT2D eigenvalue weighted by atomic mass is 9.82. The predicted molar refractivity (Wildman–Crippen MR) is 81.4 cm³/mol. The van der Waals surface area contributed by atoms with E-state index in [0.29, 0.717) is 17.6 Å². The molecule has 0 spiro atoms. The summed E-state index contributed by atoms with van der Waals surface area (Å²) >= 11 is 0. The first-order valence-electron chi connectivity index (χ1n) is 7.49. The van der Waals surface area contributed by atoms with Gasteiger partial charge < -0.3 is 5.32 Å². The molecule has 1 nitrogen and oxygen atoms in total. The lowest BCUT2D eigenvalue weighted by Crippen LogP contribution is -2.25. The maximum Gasteiger partial charge on any atom is 0.160 e. The van der Waals surface area contributed by atoms with Gasteiger partial charge in [-0.05, 0) is 49.3 Å². The number of hydrogen-bond acceptors (Lipinski definition) is 1. The number of hydrogen-bond donors (Lipinski definition) is 1. The molecule has 0 aromatic heterocycles. The summed E-state index contributed by atoms with van der Waals surface area (Å²) in [6.07, 6.45) is 4.37. The van der Waals surface area contributed by atoms with Crippen LogP contribution in [0.15, 0.2) is 48.5 Å². The molecule has 3 rings (SSSR count). The molecule has 2 aromatic rings. The minimum atomic E-state index is -0.798. The van der Waals surface area contributed by atoms with E-state index in [9.17, 15) is 8.78 Å². The smallest absolute Gasteiger partial charge is 0.160 e. The third kappa shape index (κ3) is 3.41. The SMILES string of the molecule is Fc1ccc(NC2CCC(c3ccccc3)CC2)cc1F. The van der Waals surface area contributed by atoms with Gasteiger partial charge in [-0.1, -0.05) is 30.3 Å². The molecule has 1 aliphatic rings. The quantitative estimate of drug-likeness (QED) is 0.827. The Balaban J connectivity index is 1.57. The lowest BCUT2D eigenvalue weighted by Gasteiger charge is -2.30. The van der Waals surface area contributed by atoms with Crippen LogP contribution in [-0.4, -0.2) is 6.04 Å². The summed E-state index contributed by atoms with van der Waals surface area (Å²) in [5, 5.41) is 3.31. The van der Waals surface area contributed by atoms with E-state index in [4.69, 9.17) is 0 Å². The van der Waals surface area contributed by atoms with Crippen molar-refractivity contribution in [3.8, 4) is 0 Å². The third-order valence-electron chi connectivity index (χ3n) is 4.29. The lowest BCUT2D eigenvalue weighted by molar-refractivity contribution is 0.412. The monoisotopic (exact) mass is 287 g/mol. The molecule has 0 amide bonds. The zero-order chi connectivity index (χ0) is 14.7. The number of anilines is 1. The van der Waals surface area contributed by atoms with Crippen molar-refractivity contribution in [3.63, 3.8) is 0 Å². The molecule has 110 valence electrons. The van der Waals surface area contributed by atoms with E-state index in [2.05, 4.69) is 29.6 Å². The Bertz CT molecular complexity index is 589. The second-order valence-corrected chi connectivity index (χ2v) is 5.73. The van der Waals surface area contributed by atoms with Gasteiger partial charge in [0.15, 0.2) is 11.6 Å². The summed E-state index contributed by atoms with van der Waals surface area (Å²) in [6.45, 7) is 0. The van der Waals surface area contributed by atoms with Crippen LogP contribution in [0.3, 0.4) is 0 Å². The highest BCUT2D eigenvalue weighted by Gasteiger charge is 2.22. The molecule has 0 bridgehead atoms. The first-order valence-corrected chi connectivity index (χ1v) is 7.49. The molecule has 1 saturated carbocycles. The van der Waals surface area contributed by atoms with Crippen LogP contribution in [0.4, 0.5) is 14.5 Å². The fraction of sp³-hybridized carbons (Fsp3) is 0.333. The molecule has 0 radical (unpaired) electrons. The molecule has 0 saturated heterocycles. The van der Waals surface area contributed by atoms with Gasteiger partial charge in [0.2, 0.25) is 0 Å². The van der Waals surface area contributed by atoms with E-state index in [1.807, 2.05) is 6.07 Å². The van der Waals surface area contributed by atoms with Gasteiger partial charge in [0.1, 0.15) is 0 Å². The zero-order valence-electron chi connectivity index (χ0n) is 11.9. The van der Waals surface area contributed by atoms with Crippen LogP contribution in [0.25, 0.3) is 0 Å². The van der Waals surface area contributed by atoms with Gasteiger partial charge in [0.25, 0.3) is 0 Å². The van der Waals surface area contributed by atoms with Crippen LogP contribution in [0.5, 0.6) is 0 Å². The molecular weight excluding hydrogens is 268 g/mol. The molecular formula is C18H19F2N. The van der Waals surface area contributed by atoms with E-state index >= 15 is 0 Å². The van der Waals surface area contributed by atoms with E-state index in [0.717, 1.165) is 25.7 Å². The van der Waals surface area contributed by atoms with E-state index in [-0.39, 0.29) is 0 Å². The molecule has 0 atom stereocenters. The number of nitrogens with one attached hydrogen (secondary N) is 1. The summed E-state index contributed by atoms with van der Waals surface area (Å²) in [5.41, 5.74) is 2.07. The van der Waals surface area contributed by atoms with Crippen LogP contribution in [0.1, 0.15) is 37.2 Å². The Kier molecular flexibility index (Phi) is 4.18. The number of rotatable bonds is 3. The standard InChI is InChI=1S/C18H19F2N/c19-17-11-10-16(12-18(17)20)21-15-8-6-14(7-9-15)13-4-2-1-3-5-13/h1-5,10-12,14-15,21H,6-9H2. The Morgan fingerprint density at radius 2 is 1.52 bits per heavy atom. The van der Waals surface area contributed by atoms with Crippen LogP contribution in [-0.2, 0) is 0 Å². The van der Waals surface area contributed by atoms with E-state index in [1.54, 1.807) is 6.07 Å². The largest absolute Gasteiger partial charge is 0.382 e. The van der Waals surface area contributed by atoms with Gasteiger partial charge in [-0.3, -0.25) is 0 Å². The molecule has 1 aliphatic carbocycles. The van der Waals surface area contributed by atoms with Crippen molar-refractivity contribution in [3.05, 3.63) is 65.7 Å². The Labute approximate surface area is 124 Å². The molecule has 0 unspecified atom stereocenters. The average molecular weight is 287 g/mol. The van der Waals surface area contributed by atoms with Crippen LogP contribution < -0.4 is 5.32 Å². The van der Waals surface area contributed by atoms with Crippen molar-refractivity contribution in [2.45, 2.75) is 37.6 Å². The fourth-order valence-electron chi connectivity index (χ4n) is 3.12. The van der Waals surface area contributed by atoms with Gasteiger partial charge in [-0.15, -0.1) is 0 Å². The highest BCUT2D eigenvalue weighted by atomic mass is 19.2. The molecule has 1 N–H and O–H groups in total. The molecule has 3 heteroatoms. The van der Waals surface area contributed by atoms with Gasteiger partial charge in [0.05, 0.1) is 0 Å². The first-order chi connectivity index (χ1) is 10.2. The van der Waals surface area contributed by atoms with E-state index in [1.165, 1.54) is 17.7 Å². The van der Waals surface area contributed by atoms with Crippen molar-refractivity contribution in [1.82, 2.24) is 0 Å². The first kappa shape index (κ1) is 14.1. The number of benzene rings is 2. The van der Waals surface area contributed by atoms with Gasteiger partial charge in [0, 0.05) is 17.8 Å². The predicted octanol–water partition coefficient (Wildman–Crippen LogP) is 5.10. The molecule has 1 fully saturated rings. The number of halogens is 2. The summed E-state index contributed by atoms with van der Waals surface area (Å²) in [7, 11) is 0. The second kappa shape index (κ2) is 6.25. The molecule has 21 heavy (non-hydrogen) atoms. The summed E-state index contributed by atoms with van der Waals surface area (Å²) in [4.78, 5) is 0. The van der Waals surface area contributed by atoms with Crippen LogP contribution in [0.2, 0.25) is 0 Å². The second-order valence-electron chi connectivity index (χ2n) is 5.73. The van der Waals surface area contributed by atoms with Crippen molar-refractivity contribution >= 4 is 5.69 Å². The Morgan fingerprint density at radius 3 is 2.19 bits per heavy atom. The maximum absolute atomic E-state index is 13.2. The highest BCUT2D eigenvalue weighted by Crippen LogP contribution is 2.33. The maximum atomic E-state index is 13.2. The third-order valence-corrected chi connectivity index (χ3v) is 4.29. The molecule has 0 heterocycles. The van der Waals surface area contributed by atoms with Crippen LogP contribution >= 0.6 is 0 Å². The Hall–Kier alpha value is -1.90.